The van der Waals surface area contributed by atoms with Gasteiger partial charge in [0, 0.05) is 31.9 Å². The zero-order valence-corrected chi connectivity index (χ0v) is 16.7. The average molecular weight is 431 g/mol. The number of halogens is 3. The summed E-state index contributed by atoms with van der Waals surface area (Å²) < 4.78 is 40.0. The van der Waals surface area contributed by atoms with Crippen molar-refractivity contribution in [1.29, 1.82) is 0 Å². The molecule has 2 heterocycles. The van der Waals surface area contributed by atoms with E-state index < -0.39 is 23.3 Å². The third-order valence-corrected chi connectivity index (χ3v) is 5.45. The third-order valence-electron chi connectivity index (χ3n) is 5.45. The van der Waals surface area contributed by atoms with Crippen LogP contribution >= 0.6 is 0 Å². The normalized spacial score (nSPS) is 15.9. The molecule has 1 aromatic heterocycles. The first-order chi connectivity index (χ1) is 14.8. The van der Waals surface area contributed by atoms with E-state index in [0.717, 1.165) is 16.8 Å². The Morgan fingerprint density at radius 1 is 1.03 bits per heavy atom. The van der Waals surface area contributed by atoms with Crippen LogP contribution in [0.4, 0.5) is 18.9 Å². The minimum absolute atomic E-state index is 0.282. The van der Waals surface area contributed by atoms with Crippen LogP contribution in [0.3, 0.4) is 0 Å². The van der Waals surface area contributed by atoms with Gasteiger partial charge in [0.15, 0.2) is 0 Å². The molecule has 1 aliphatic rings. The standard InChI is InChI=1S/C21H20F3N5O2/c1-14(29-20(31)17-7-2-3-8-18(17)25-26-29)19(30)28-11-9-27(10-12-28)16-6-4-5-15(13-16)21(22,23)24/h2-8,13-14H,9-12H2,1H3/t14-/m0/s1. The van der Waals surface area contributed by atoms with Crippen molar-refractivity contribution >= 4 is 22.5 Å². The largest absolute Gasteiger partial charge is 0.416 e. The fourth-order valence-electron chi connectivity index (χ4n) is 3.69. The van der Waals surface area contributed by atoms with Gasteiger partial charge in [0.25, 0.3) is 5.56 Å². The third kappa shape index (κ3) is 4.10. The Morgan fingerprint density at radius 3 is 2.45 bits per heavy atom. The van der Waals surface area contributed by atoms with E-state index in [9.17, 15) is 22.8 Å². The van der Waals surface area contributed by atoms with Crippen molar-refractivity contribution in [2.75, 3.05) is 31.1 Å². The van der Waals surface area contributed by atoms with Gasteiger partial charge in [-0.3, -0.25) is 9.59 Å². The molecule has 0 unspecified atom stereocenters. The highest BCUT2D eigenvalue weighted by atomic mass is 19.4. The van der Waals surface area contributed by atoms with E-state index >= 15 is 0 Å². The minimum Gasteiger partial charge on any atom is -0.368 e. The zero-order valence-electron chi connectivity index (χ0n) is 16.7. The molecular weight excluding hydrogens is 411 g/mol. The highest BCUT2D eigenvalue weighted by Gasteiger charge is 2.32. The number of hydrogen-bond donors (Lipinski definition) is 0. The van der Waals surface area contributed by atoms with E-state index in [1.165, 1.54) is 6.07 Å². The van der Waals surface area contributed by atoms with Gasteiger partial charge in [-0.2, -0.15) is 17.9 Å². The van der Waals surface area contributed by atoms with Crippen molar-refractivity contribution in [1.82, 2.24) is 19.9 Å². The lowest BCUT2D eigenvalue weighted by Gasteiger charge is -2.37. The second kappa shape index (κ2) is 8.01. The van der Waals surface area contributed by atoms with Gasteiger partial charge in [0.2, 0.25) is 5.91 Å². The van der Waals surface area contributed by atoms with Gasteiger partial charge in [0.05, 0.1) is 10.9 Å². The molecule has 1 saturated heterocycles. The zero-order chi connectivity index (χ0) is 22.2. The van der Waals surface area contributed by atoms with Gasteiger partial charge in [-0.15, -0.1) is 5.10 Å². The SMILES string of the molecule is C[C@@H](C(=O)N1CCN(c2cccc(C(F)(F)F)c2)CC1)n1nnc2ccccc2c1=O. The number of benzene rings is 2. The number of piperazine rings is 1. The van der Waals surface area contributed by atoms with Crippen molar-refractivity contribution in [3.8, 4) is 0 Å². The predicted molar refractivity (Wildman–Crippen MR) is 109 cm³/mol. The summed E-state index contributed by atoms with van der Waals surface area (Å²) in [4.78, 5) is 29.0. The van der Waals surface area contributed by atoms with E-state index in [0.29, 0.717) is 42.8 Å². The Balaban J connectivity index is 1.46. The summed E-state index contributed by atoms with van der Waals surface area (Å²) in [6.07, 6.45) is -4.41. The smallest absolute Gasteiger partial charge is 0.368 e. The molecule has 3 aromatic rings. The van der Waals surface area contributed by atoms with Crippen LogP contribution in [-0.4, -0.2) is 52.0 Å². The number of aromatic nitrogens is 3. The molecule has 1 atom stereocenters. The number of hydrogen-bond acceptors (Lipinski definition) is 5. The molecule has 0 saturated carbocycles. The fraction of sp³-hybridized carbons (Fsp3) is 0.333. The Labute approximate surface area is 175 Å². The molecular formula is C21H20F3N5O2. The molecule has 1 amide bonds. The molecule has 2 aromatic carbocycles. The summed E-state index contributed by atoms with van der Waals surface area (Å²) in [6.45, 7) is 3.02. The van der Waals surface area contributed by atoms with E-state index in [1.807, 2.05) is 4.90 Å². The van der Waals surface area contributed by atoms with Crippen LogP contribution in [0.5, 0.6) is 0 Å². The van der Waals surface area contributed by atoms with Gasteiger partial charge >= 0.3 is 6.18 Å². The number of carbonyl (C=O) groups excluding carboxylic acids is 1. The number of amides is 1. The molecule has 31 heavy (non-hydrogen) atoms. The second-order valence-corrected chi connectivity index (χ2v) is 7.39. The maximum atomic E-state index is 13.0. The molecule has 0 N–H and O–H groups in total. The van der Waals surface area contributed by atoms with Crippen molar-refractivity contribution in [2.45, 2.75) is 19.1 Å². The van der Waals surface area contributed by atoms with Crippen LogP contribution in [-0.2, 0) is 11.0 Å². The van der Waals surface area contributed by atoms with E-state index in [1.54, 1.807) is 42.2 Å². The summed E-state index contributed by atoms with van der Waals surface area (Å²) in [5, 5.41) is 8.30. The lowest BCUT2D eigenvalue weighted by molar-refractivity contribution is -0.137. The van der Waals surface area contributed by atoms with Crippen LogP contribution in [0.2, 0.25) is 0 Å². The Bertz CT molecular complexity index is 1170. The molecule has 0 spiro atoms. The van der Waals surface area contributed by atoms with Crippen molar-refractivity contribution in [3.05, 3.63) is 64.4 Å². The lowest BCUT2D eigenvalue weighted by Crippen LogP contribution is -2.51. The molecule has 0 radical (unpaired) electrons. The van der Waals surface area contributed by atoms with Gasteiger partial charge < -0.3 is 9.80 Å². The number of carbonyl (C=O) groups is 1. The highest BCUT2D eigenvalue weighted by molar-refractivity contribution is 5.81. The number of rotatable bonds is 3. The van der Waals surface area contributed by atoms with E-state index in [2.05, 4.69) is 10.3 Å². The second-order valence-electron chi connectivity index (χ2n) is 7.39. The van der Waals surface area contributed by atoms with E-state index in [-0.39, 0.29) is 5.91 Å². The van der Waals surface area contributed by atoms with Crippen molar-refractivity contribution in [3.63, 3.8) is 0 Å². The predicted octanol–water partition coefficient (Wildman–Crippen LogP) is 2.72. The maximum Gasteiger partial charge on any atom is 0.416 e. The lowest BCUT2D eigenvalue weighted by atomic mass is 10.1. The summed E-state index contributed by atoms with van der Waals surface area (Å²) in [6, 6.07) is 11.1. The quantitative estimate of drug-likeness (QED) is 0.638. The van der Waals surface area contributed by atoms with Crippen LogP contribution < -0.4 is 10.5 Å². The topological polar surface area (TPSA) is 71.3 Å². The summed E-state index contributed by atoms with van der Waals surface area (Å²) in [5.41, 5.74) is -0.176. The van der Waals surface area contributed by atoms with Crippen molar-refractivity contribution in [2.24, 2.45) is 0 Å². The molecule has 4 rings (SSSR count). The molecule has 10 heteroatoms. The first-order valence-corrected chi connectivity index (χ1v) is 9.81. The minimum atomic E-state index is -4.41. The van der Waals surface area contributed by atoms with Crippen LogP contribution in [0.25, 0.3) is 10.9 Å². The first kappa shape index (κ1) is 20.8. The summed E-state index contributed by atoms with van der Waals surface area (Å²) in [7, 11) is 0. The Morgan fingerprint density at radius 2 is 1.74 bits per heavy atom. The maximum absolute atomic E-state index is 13.0. The first-order valence-electron chi connectivity index (χ1n) is 9.81. The van der Waals surface area contributed by atoms with Crippen LogP contribution in [0.15, 0.2) is 53.3 Å². The van der Waals surface area contributed by atoms with Gasteiger partial charge in [-0.1, -0.05) is 23.4 Å². The number of fused-ring (bicyclic) bond motifs is 1. The highest BCUT2D eigenvalue weighted by Crippen LogP contribution is 2.32. The number of nitrogens with zero attached hydrogens (tertiary/aromatic N) is 5. The summed E-state index contributed by atoms with van der Waals surface area (Å²) in [5.74, 6) is -0.282. The Hall–Kier alpha value is -3.43. The van der Waals surface area contributed by atoms with Crippen molar-refractivity contribution < 1.29 is 18.0 Å². The molecule has 1 aliphatic heterocycles. The molecule has 162 valence electrons. The fourth-order valence-corrected chi connectivity index (χ4v) is 3.69. The number of anilines is 1. The van der Waals surface area contributed by atoms with Crippen LogP contribution in [0.1, 0.15) is 18.5 Å². The van der Waals surface area contributed by atoms with Gasteiger partial charge in [-0.25, -0.2) is 0 Å². The molecule has 0 bridgehead atoms. The van der Waals surface area contributed by atoms with Gasteiger partial charge in [-0.05, 0) is 37.3 Å². The molecule has 0 aliphatic carbocycles. The van der Waals surface area contributed by atoms with Crippen LogP contribution in [0, 0.1) is 0 Å². The Kier molecular flexibility index (Phi) is 5.38. The average Bonchev–Trinajstić information content (AvgIpc) is 2.78. The van der Waals surface area contributed by atoms with E-state index in [4.69, 9.17) is 0 Å². The van der Waals surface area contributed by atoms with Gasteiger partial charge in [0.1, 0.15) is 11.6 Å². The summed E-state index contributed by atoms with van der Waals surface area (Å²) >= 11 is 0. The molecule has 1 fully saturated rings. The number of alkyl halides is 3. The monoisotopic (exact) mass is 431 g/mol. The molecule has 7 nitrogen and oxygen atoms in total.